The predicted molar refractivity (Wildman–Crippen MR) is 94.3 cm³/mol. The van der Waals surface area contributed by atoms with Gasteiger partial charge in [-0.1, -0.05) is 0 Å². The third kappa shape index (κ3) is 2.20. The van der Waals surface area contributed by atoms with Crippen molar-refractivity contribution in [3.8, 4) is 5.75 Å². The normalized spacial score (nSPS) is 32.9. The van der Waals surface area contributed by atoms with Crippen molar-refractivity contribution < 1.29 is 9.84 Å². The molecule has 4 atom stereocenters. The molecule has 0 radical (unpaired) electrons. The third-order valence-electron chi connectivity index (χ3n) is 6.68. The molecular weight excluding hydrogens is 300 g/mol. The van der Waals surface area contributed by atoms with E-state index < -0.39 is 0 Å². The van der Waals surface area contributed by atoms with E-state index in [4.69, 9.17) is 4.74 Å². The minimum absolute atomic E-state index is 0.0761. The van der Waals surface area contributed by atoms with E-state index in [0.29, 0.717) is 12.0 Å². The van der Waals surface area contributed by atoms with Gasteiger partial charge in [0.25, 0.3) is 0 Å². The summed E-state index contributed by atoms with van der Waals surface area (Å²) in [4.78, 5) is 6.40. The minimum Gasteiger partial charge on any atom is -0.497 e. The number of piperidine rings is 1. The summed E-state index contributed by atoms with van der Waals surface area (Å²) in [5, 5.41) is 11.4. The Morgan fingerprint density at radius 3 is 3.00 bits per heavy atom. The number of aromatic amines is 1. The lowest BCUT2D eigenvalue weighted by molar-refractivity contribution is -0.0107. The van der Waals surface area contributed by atoms with Gasteiger partial charge in [0, 0.05) is 29.7 Å². The van der Waals surface area contributed by atoms with Crippen LogP contribution in [-0.4, -0.2) is 41.3 Å². The SMILES string of the molecule is COc1ccc2[nH]c3c(c2c1)CCN1C[C@@H]2CCC(O)C[C@H]2C[C@@H]31. The first-order chi connectivity index (χ1) is 11.7. The second-order valence-electron chi connectivity index (χ2n) is 7.91. The molecule has 24 heavy (non-hydrogen) atoms. The number of ether oxygens (including phenoxy) is 1. The number of aliphatic hydroxyl groups excluding tert-OH is 1. The van der Waals surface area contributed by atoms with E-state index in [-0.39, 0.29) is 6.10 Å². The minimum atomic E-state index is -0.0761. The largest absolute Gasteiger partial charge is 0.497 e. The lowest BCUT2D eigenvalue weighted by Gasteiger charge is -2.48. The average Bonchev–Trinajstić information content (AvgIpc) is 2.98. The quantitative estimate of drug-likeness (QED) is 0.846. The summed E-state index contributed by atoms with van der Waals surface area (Å²) < 4.78 is 5.42. The summed E-state index contributed by atoms with van der Waals surface area (Å²) in [6.07, 6.45) is 5.44. The monoisotopic (exact) mass is 326 g/mol. The van der Waals surface area contributed by atoms with Crippen molar-refractivity contribution in [3.05, 3.63) is 29.5 Å². The van der Waals surface area contributed by atoms with Gasteiger partial charge in [-0.2, -0.15) is 0 Å². The summed E-state index contributed by atoms with van der Waals surface area (Å²) in [7, 11) is 1.73. The van der Waals surface area contributed by atoms with Gasteiger partial charge >= 0.3 is 0 Å². The predicted octanol–water partition coefficient (Wildman–Crippen LogP) is 3.26. The van der Waals surface area contributed by atoms with E-state index in [2.05, 4.69) is 22.0 Å². The molecule has 2 aliphatic heterocycles. The zero-order valence-electron chi connectivity index (χ0n) is 14.3. The molecular formula is C20H26N2O2. The molecule has 1 aromatic carbocycles. The van der Waals surface area contributed by atoms with Crippen LogP contribution in [0.25, 0.3) is 10.9 Å². The number of H-pyrrole nitrogens is 1. The van der Waals surface area contributed by atoms with E-state index in [9.17, 15) is 5.11 Å². The second kappa shape index (κ2) is 5.50. The van der Waals surface area contributed by atoms with Crippen LogP contribution in [0.3, 0.4) is 0 Å². The van der Waals surface area contributed by atoms with Gasteiger partial charge in [-0.05, 0) is 67.7 Å². The van der Waals surface area contributed by atoms with E-state index >= 15 is 0 Å². The number of benzene rings is 1. The van der Waals surface area contributed by atoms with Crippen LogP contribution in [0.5, 0.6) is 5.75 Å². The van der Waals surface area contributed by atoms with Crippen molar-refractivity contribution in [2.75, 3.05) is 20.2 Å². The highest BCUT2D eigenvalue weighted by molar-refractivity contribution is 5.86. The maximum absolute atomic E-state index is 10.1. The van der Waals surface area contributed by atoms with Crippen molar-refractivity contribution in [3.63, 3.8) is 0 Å². The van der Waals surface area contributed by atoms with Crippen LogP contribution < -0.4 is 4.74 Å². The van der Waals surface area contributed by atoms with Crippen molar-refractivity contribution in [1.29, 1.82) is 0 Å². The molecule has 4 nitrogen and oxygen atoms in total. The van der Waals surface area contributed by atoms with Gasteiger partial charge in [0.15, 0.2) is 0 Å². The molecule has 4 heteroatoms. The van der Waals surface area contributed by atoms with Crippen LogP contribution in [0.2, 0.25) is 0 Å². The van der Waals surface area contributed by atoms with Crippen LogP contribution in [0.1, 0.15) is 43.0 Å². The fourth-order valence-corrected chi connectivity index (χ4v) is 5.43. The Labute approximate surface area is 142 Å². The molecule has 2 aromatic rings. The molecule has 0 amide bonds. The molecule has 0 bridgehead atoms. The molecule has 1 aromatic heterocycles. The standard InChI is InChI=1S/C20H26N2O2/c1-24-15-4-5-18-17(10-15)16-6-7-22-11-12-2-3-14(23)8-13(12)9-19(22)20(16)21-18/h4-5,10,12-14,19,21,23H,2-3,6-9,11H2,1H3/t12-,13-,14?,19-/m0/s1. The smallest absolute Gasteiger partial charge is 0.119 e. The molecule has 3 aliphatic rings. The summed E-state index contributed by atoms with van der Waals surface area (Å²) in [5.41, 5.74) is 4.14. The number of nitrogens with one attached hydrogen (secondary N) is 1. The summed E-state index contributed by atoms with van der Waals surface area (Å²) in [5.74, 6) is 2.41. The molecule has 1 aliphatic carbocycles. The summed E-state index contributed by atoms with van der Waals surface area (Å²) in [6.45, 7) is 2.37. The molecule has 1 saturated heterocycles. The fourth-order valence-electron chi connectivity index (χ4n) is 5.43. The molecule has 2 fully saturated rings. The second-order valence-corrected chi connectivity index (χ2v) is 7.91. The van der Waals surface area contributed by atoms with Gasteiger partial charge in [-0.3, -0.25) is 4.90 Å². The zero-order valence-corrected chi connectivity index (χ0v) is 14.3. The number of fused-ring (bicyclic) bond motifs is 6. The van der Waals surface area contributed by atoms with Crippen molar-refractivity contribution in [2.24, 2.45) is 11.8 Å². The van der Waals surface area contributed by atoms with Gasteiger partial charge < -0.3 is 14.8 Å². The first-order valence-corrected chi connectivity index (χ1v) is 9.33. The van der Waals surface area contributed by atoms with Crippen molar-refractivity contribution in [2.45, 2.75) is 44.2 Å². The number of hydrogen-bond donors (Lipinski definition) is 2. The molecule has 1 unspecified atom stereocenters. The highest BCUT2D eigenvalue weighted by atomic mass is 16.5. The Morgan fingerprint density at radius 2 is 2.12 bits per heavy atom. The van der Waals surface area contributed by atoms with E-state index in [0.717, 1.165) is 37.5 Å². The molecule has 0 spiro atoms. The van der Waals surface area contributed by atoms with Gasteiger partial charge in [0.05, 0.1) is 19.3 Å². The van der Waals surface area contributed by atoms with Crippen molar-refractivity contribution >= 4 is 10.9 Å². The number of hydrogen-bond acceptors (Lipinski definition) is 3. The first kappa shape index (κ1) is 14.8. The topological polar surface area (TPSA) is 48.5 Å². The highest BCUT2D eigenvalue weighted by Crippen LogP contribution is 2.47. The Hall–Kier alpha value is -1.52. The molecule has 2 N–H and O–H groups in total. The van der Waals surface area contributed by atoms with Crippen LogP contribution in [0, 0.1) is 11.8 Å². The third-order valence-corrected chi connectivity index (χ3v) is 6.68. The van der Waals surface area contributed by atoms with Gasteiger partial charge in [-0.25, -0.2) is 0 Å². The van der Waals surface area contributed by atoms with Crippen molar-refractivity contribution in [1.82, 2.24) is 9.88 Å². The van der Waals surface area contributed by atoms with Crippen LogP contribution in [0.15, 0.2) is 18.2 Å². The van der Waals surface area contributed by atoms with Crippen LogP contribution in [-0.2, 0) is 6.42 Å². The molecule has 5 rings (SSSR count). The lowest BCUT2D eigenvalue weighted by atomic mass is 9.70. The Morgan fingerprint density at radius 1 is 1.21 bits per heavy atom. The number of rotatable bonds is 1. The van der Waals surface area contributed by atoms with Gasteiger partial charge in [-0.15, -0.1) is 0 Å². The van der Waals surface area contributed by atoms with E-state index in [1.165, 1.54) is 41.5 Å². The summed E-state index contributed by atoms with van der Waals surface area (Å²) >= 11 is 0. The van der Waals surface area contributed by atoms with E-state index in [1.807, 2.05) is 6.07 Å². The zero-order chi connectivity index (χ0) is 16.3. The maximum Gasteiger partial charge on any atom is 0.119 e. The Bertz CT molecular complexity index is 768. The Kier molecular flexibility index (Phi) is 3.39. The lowest BCUT2D eigenvalue weighted by Crippen LogP contribution is -2.48. The molecule has 3 heterocycles. The maximum atomic E-state index is 10.1. The Balaban J connectivity index is 1.52. The molecule has 1 saturated carbocycles. The highest BCUT2D eigenvalue weighted by Gasteiger charge is 2.42. The molecule has 128 valence electrons. The van der Waals surface area contributed by atoms with Crippen LogP contribution in [0.4, 0.5) is 0 Å². The summed E-state index contributed by atoms with van der Waals surface area (Å²) in [6, 6.07) is 6.86. The van der Waals surface area contributed by atoms with Gasteiger partial charge in [0.2, 0.25) is 0 Å². The number of methoxy groups -OCH3 is 1. The number of aromatic nitrogens is 1. The average molecular weight is 326 g/mol. The number of aliphatic hydroxyl groups is 1. The first-order valence-electron chi connectivity index (χ1n) is 9.33. The fraction of sp³-hybridized carbons (Fsp3) is 0.600. The number of nitrogens with zero attached hydrogens (tertiary/aromatic N) is 1. The van der Waals surface area contributed by atoms with Gasteiger partial charge in [0.1, 0.15) is 5.75 Å². The van der Waals surface area contributed by atoms with E-state index in [1.54, 1.807) is 7.11 Å². The van der Waals surface area contributed by atoms with Crippen LogP contribution >= 0.6 is 0 Å².